The molecule has 9 heteroatoms. The van der Waals surface area contributed by atoms with Gasteiger partial charge in [0.15, 0.2) is 0 Å². The lowest BCUT2D eigenvalue weighted by molar-refractivity contribution is -0.137. The first-order valence-electron chi connectivity index (χ1n) is 11.7. The zero-order chi connectivity index (χ0) is 29.3. The zero-order valence-corrected chi connectivity index (χ0v) is 21.7. The molecule has 206 valence electrons. The van der Waals surface area contributed by atoms with E-state index in [0.29, 0.717) is 11.3 Å². The molecule has 0 aliphatic carbocycles. The van der Waals surface area contributed by atoms with Crippen molar-refractivity contribution in [2.24, 2.45) is 0 Å². The number of esters is 2. The maximum absolute atomic E-state index is 13.9. The highest BCUT2D eigenvalue weighted by Crippen LogP contribution is 2.39. The Morgan fingerprint density at radius 3 is 1.55 bits per heavy atom. The summed E-state index contributed by atoms with van der Waals surface area (Å²) in [5.74, 6) is -0.846. The molecule has 0 fully saturated rings. The van der Waals surface area contributed by atoms with E-state index in [9.17, 15) is 22.8 Å². The van der Waals surface area contributed by atoms with Crippen molar-refractivity contribution in [2.45, 2.75) is 20.0 Å². The minimum absolute atomic E-state index is 0.0213. The molecule has 0 spiro atoms. The summed E-state index contributed by atoms with van der Waals surface area (Å²) in [5, 5.41) is 0. The van der Waals surface area contributed by atoms with Crippen LogP contribution in [0, 0.1) is 0 Å². The SMILES string of the molecule is C=C(C)C(=O)OC=COc1ccc(-c2ccc(-c3ccc(OC=COC(=O)C(=C)C)cc3C(F)(F)F)cc2)cc1. The summed E-state index contributed by atoms with van der Waals surface area (Å²) in [5.41, 5.74) is 1.48. The topological polar surface area (TPSA) is 71.1 Å². The van der Waals surface area contributed by atoms with Crippen LogP contribution in [0.5, 0.6) is 11.5 Å². The maximum atomic E-state index is 13.9. The van der Waals surface area contributed by atoms with Crippen molar-refractivity contribution in [1.29, 1.82) is 0 Å². The molecule has 6 nitrogen and oxygen atoms in total. The number of carbonyl (C=O) groups excluding carboxylic acids is 2. The normalized spacial score (nSPS) is 11.3. The highest BCUT2D eigenvalue weighted by Gasteiger charge is 2.34. The van der Waals surface area contributed by atoms with Crippen molar-refractivity contribution < 1.29 is 41.7 Å². The van der Waals surface area contributed by atoms with E-state index in [1.807, 2.05) is 0 Å². The van der Waals surface area contributed by atoms with Gasteiger partial charge in [0.2, 0.25) is 0 Å². The summed E-state index contributed by atoms with van der Waals surface area (Å²) in [4.78, 5) is 22.7. The molecule has 0 radical (unpaired) electrons. The van der Waals surface area contributed by atoms with Gasteiger partial charge >= 0.3 is 18.1 Å². The third-order valence-electron chi connectivity index (χ3n) is 5.25. The van der Waals surface area contributed by atoms with Crippen LogP contribution in [-0.2, 0) is 25.2 Å². The molecule has 0 saturated heterocycles. The summed E-state index contributed by atoms with van der Waals surface area (Å²) >= 11 is 0. The van der Waals surface area contributed by atoms with Gasteiger partial charge in [-0.3, -0.25) is 0 Å². The van der Waals surface area contributed by atoms with Crippen molar-refractivity contribution in [1.82, 2.24) is 0 Å². The monoisotopic (exact) mass is 550 g/mol. The summed E-state index contributed by atoms with van der Waals surface area (Å²) in [6, 6.07) is 17.2. The molecule has 0 saturated carbocycles. The van der Waals surface area contributed by atoms with Crippen LogP contribution in [-0.4, -0.2) is 11.9 Å². The van der Waals surface area contributed by atoms with Gasteiger partial charge in [0.25, 0.3) is 0 Å². The van der Waals surface area contributed by atoms with Crippen LogP contribution in [0.15, 0.2) is 116 Å². The lowest BCUT2D eigenvalue weighted by Gasteiger charge is -2.15. The number of hydrogen-bond acceptors (Lipinski definition) is 6. The van der Waals surface area contributed by atoms with Crippen molar-refractivity contribution in [3.05, 3.63) is 122 Å². The van der Waals surface area contributed by atoms with E-state index >= 15 is 0 Å². The summed E-state index contributed by atoms with van der Waals surface area (Å²) in [6.45, 7) is 9.87. The molecule has 0 atom stereocenters. The summed E-state index contributed by atoms with van der Waals surface area (Å²) < 4.78 is 61.7. The Morgan fingerprint density at radius 2 is 1.07 bits per heavy atom. The number of carbonyl (C=O) groups is 2. The van der Waals surface area contributed by atoms with Crippen LogP contribution in [0.2, 0.25) is 0 Å². The number of alkyl halides is 3. The van der Waals surface area contributed by atoms with E-state index in [-0.39, 0.29) is 22.5 Å². The van der Waals surface area contributed by atoms with Crippen LogP contribution in [0.1, 0.15) is 19.4 Å². The highest BCUT2D eigenvalue weighted by molar-refractivity contribution is 5.87. The molecule has 3 rings (SSSR count). The number of benzene rings is 3. The minimum Gasteiger partial charge on any atom is -0.462 e. The predicted molar refractivity (Wildman–Crippen MR) is 144 cm³/mol. The summed E-state index contributed by atoms with van der Waals surface area (Å²) in [7, 11) is 0. The van der Waals surface area contributed by atoms with Crippen LogP contribution in [0.4, 0.5) is 13.2 Å². The van der Waals surface area contributed by atoms with Crippen LogP contribution in [0.25, 0.3) is 22.3 Å². The molecule has 0 aliphatic heterocycles. The number of hydrogen-bond donors (Lipinski definition) is 0. The van der Waals surface area contributed by atoms with E-state index in [4.69, 9.17) is 18.9 Å². The Bertz CT molecular complexity index is 1450. The van der Waals surface area contributed by atoms with E-state index in [2.05, 4.69) is 13.2 Å². The number of halogens is 3. The predicted octanol–water partition coefficient (Wildman–Crippen LogP) is 7.98. The molecule has 3 aromatic carbocycles. The first kappa shape index (κ1) is 29.5. The van der Waals surface area contributed by atoms with Gasteiger partial charge in [0, 0.05) is 11.1 Å². The Labute approximate surface area is 229 Å². The van der Waals surface area contributed by atoms with E-state index < -0.39 is 23.7 Å². The summed E-state index contributed by atoms with van der Waals surface area (Å²) in [6.07, 6.45) is -0.426. The second-order valence-corrected chi connectivity index (χ2v) is 8.46. The number of ether oxygens (including phenoxy) is 4. The van der Waals surface area contributed by atoms with E-state index in [1.165, 1.54) is 32.2 Å². The fourth-order valence-corrected chi connectivity index (χ4v) is 3.24. The minimum atomic E-state index is -4.64. The average Bonchev–Trinajstić information content (AvgIpc) is 2.93. The molecule has 0 aromatic heterocycles. The molecular formula is C31H25F3O6. The third-order valence-corrected chi connectivity index (χ3v) is 5.25. The van der Waals surface area contributed by atoms with Crippen LogP contribution < -0.4 is 9.47 Å². The molecule has 0 heterocycles. The molecule has 0 unspecified atom stereocenters. The molecule has 0 N–H and O–H groups in total. The van der Waals surface area contributed by atoms with Gasteiger partial charge in [-0.1, -0.05) is 55.6 Å². The molecule has 3 aromatic rings. The smallest absolute Gasteiger partial charge is 0.417 e. The molecule has 0 amide bonds. The van der Waals surface area contributed by atoms with Gasteiger partial charge in [-0.2, -0.15) is 13.2 Å². The second-order valence-electron chi connectivity index (χ2n) is 8.46. The fraction of sp³-hybridized carbons (Fsp3) is 0.0968. The van der Waals surface area contributed by atoms with Gasteiger partial charge in [-0.25, -0.2) is 9.59 Å². The quantitative estimate of drug-likeness (QED) is 0.145. The molecule has 0 bridgehead atoms. The zero-order valence-electron chi connectivity index (χ0n) is 21.7. The van der Waals surface area contributed by atoms with Crippen LogP contribution in [0.3, 0.4) is 0 Å². The van der Waals surface area contributed by atoms with E-state index in [0.717, 1.165) is 36.0 Å². The first-order chi connectivity index (χ1) is 19.0. The van der Waals surface area contributed by atoms with Gasteiger partial charge < -0.3 is 18.9 Å². The number of rotatable bonds is 10. The van der Waals surface area contributed by atoms with Crippen molar-refractivity contribution in [3.8, 4) is 33.8 Å². The van der Waals surface area contributed by atoms with Gasteiger partial charge in [-0.15, -0.1) is 0 Å². The largest absolute Gasteiger partial charge is 0.462 e. The van der Waals surface area contributed by atoms with Gasteiger partial charge in [-0.05, 0) is 60.4 Å². The van der Waals surface area contributed by atoms with E-state index in [1.54, 1.807) is 48.5 Å². The fourth-order valence-electron chi connectivity index (χ4n) is 3.24. The Morgan fingerprint density at radius 1 is 0.650 bits per heavy atom. The Hall–Kier alpha value is -5.05. The maximum Gasteiger partial charge on any atom is 0.417 e. The lowest BCUT2D eigenvalue weighted by atomic mass is 9.96. The average molecular weight is 551 g/mol. The second kappa shape index (κ2) is 13.1. The van der Waals surface area contributed by atoms with Crippen molar-refractivity contribution in [3.63, 3.8) is 0 Å². The molecular weight excluding hydrogens is 525 g/mol. The standard InChI is InChI=1S/C31H25F3O6/c1-20(2)29(35)39-17-15-37-25-11-9-23(10-12-25)22-5-7-24(8-6-22)27-14-13-26(19-28(27)31(32,33)34)38-16-18-40-30(36)21(3)4/h5-19H,1,3H2,2,4H3. The Kier molecular flexibility index (Phi) is 9.70. The van der Waals surface area contributed by atoms with Crippen LogP contribution >= 0.6 is 0 Å². The highest BCUT2D eigenvalue weighted by atomic mass is 19.4. The third kappa shape index (κ3) is 8.22. The van der Waals surface area contributed by atoms with Gasteiger partial charge in [0.1, 0.15) is 36.5 Å². The molecule has 0 aliphatic rings. The lowest BCUT2D eigenvalue weighted by Crippen LogP contribution is -2.07. The molecule has 40 heavy (non-hydrogen) atoms. The van der Waals surface area contributed by atoms with Crippen molar-refractivity contribution >= 4 is 11.9 Å². The Balaban J connectivity index is 1.72. The van der Waals surface area contributed by atoms with Crippen molar-refractivity contribution in [2.75, 3.05) is 0 Å². The first-order valence-corrected chi connectivity index (χ1v) is 11.7. The van der Waals surface area contributed by atoms with Gasteiger partial charge in [0.05, 0.1) is 5.56 Å².